The second-order valence-corrected chi connectivity index (χ2v) is 4.14. The maximum atomic E-state index is 5.61. The molecule has 1 nitrogen and oxygen atoms in total. The van der Waals surface area contributed by atoms with E-state index in [9.17, 15) is 0 Å². The third kappa shape index (κ3) is 10.2. The Morgan fingerprint density at radius 3 is 2.08 bits per heavy atom. The van der Waals surface area contributed by atoms with Crippen LogP contribution < -0.4 is 0 Å². The minimum atomic E-state index is 0.819. The molecule has 0 aromatic heterocycles. The van der Waals surface area contributed by atoms with Crippen LogP contribution in [-0.2, 0) is 0 Å². The molecule has 0 aliphatic rings. The summed E-state index contributed by atoms with van der Waals surface area (Å²) in [5.41, 5.74) is 0. The average Bonchev–Trinajstić information content (AvgIpc) is 2.13. The molecule has 0 saturated heterocycles. The van der Waals surface area contributed by atoms with Gasteiger partial charge in [0.2, 0.25) is 0 Å². The van der Waals surface area contributed by atoms with E-state index in [0.717, 1.165) is 5.88 Å². The van der Waals surface area contributed by atoms with Gasteiger partial charge in [0.1, 0.15) is 0 Å². The third-order valence-electron chi connectivity index (χ3n) is 2.32. The minimum absolute atomic E-state index is 0.819. The van der Waals surface area contributed by atoms with Gasteiger partial charge in [-0.1, -0.05) is 26.2 Å². The van der Waals surface area contributed by atoms with Gasteiger partial charge in [-0.25, -0.2) is 0 Å². The zero-order valence-corrected chi connectivity index (χ0v) is 9.95. The first-order valence-corrected chi connectivity index (χ1v) is 6.09. The smallest absolute Gasteiger partial charge is 0.0223 e. The van der Waals surface area contributed by atoms with E-state index in [4.69, 9.17) is 11.6 Å². The van der Waals surface area contributed by atoms with E-state index in [1.54, 1.807) is 0 Å². The van der Waals surface area contributed by atoms with E-state index in [0.29, 0.717) is 0 Å². The van der Waals surface area contributed by atoms with Crippen molar-refractivity contribution in [2.75, 3.05) is 26.0 Å². The van der Waals surface area contributed by atoms with Crippen molar-refractivity contribution in [2.45, 2.75) is 45.4 Å². The lowest BCUT2D eigenvalue weighted by atomic mass is 10.2. The standard InChI is InChI=1S/C11H24ClN/c1-3-4-7-10-13(2)11-8-5-6-9-12/h3-11H2,1-2H3. The van der Waals surface area contributed by atoms with Crippen molar-refractivity contribution in [1.82, 2.24) is 4.90 Å². The van der Waals surface area contributed by atoms with Gasteiger partial charge in [-0.3, -0.25) is 0 Å². The molecule has 0 spiro atoms. The summed E-state index contributed by atoms with van der Waals surface area (Å²) in [5, 5.41) is 0. The number of halogens is 1. The normalized spacial score (nSPS) is 11.1. The summed E-state index contributed by atoms with van der Waals surface area (Å²) >= 11 is 5.61. The molecule has 80 valence electrons. The number of hydrogen-bond acceptors (Lipinski definition) is 1. The van der Waals surface area contributed by atoms with Crippen LogP contribution in [0.1, 0.15) is 45.4 Å². The van der Waals surface area contributed by atoms with Gasteiger partial charge < -0.3 is 4.90 Å². The van der Waals surface area contributed by atoms with E-state index in [2.05, 4.69) is 18.9 Å². The minimum Gasteiger partial charge on any atom is -0.306 e. The maximum absolute atomic E-state index is 5.61. The summed E-state index contributed by atoms with van der Waals surface area (Å²) in [6, 6.07) is 0. The lowest BCUT2D eigenvalue weighted by molar-refractivity contribution is 0.317. The van der Waals surface area contributed by atoms with Crippen LogP contribution >= 0.6 is 11.6 Å². The Morgan fingerprint density at radius 2 is 1.54 bits per heavy atom. The Bertz CT molecular complexity index is 96.1. The van der Waals surface area contributed by atoms with Crippen LogP contribution in [0, 0.1) is 0 Å². The van der Waals surface area contributed by atoms with Crippen molar-refractivity contribution >= 4 is 11.6 Å². The molecule has 0 radical (unpaired) electrons. The molecule has 0 aromatic carbocycles. The van der Waals surface area contributed by atoms with Crippen LogP contribution in [0.4, 0.5) is 0 Å². The third-order valence-corrected chi connectivity index (χ3v) is 2.58. The van der Waals surface area contributed by atoms with Crippen LogP contribution in [0.15, 0.2) is 0 Å². The van der Waals surface area contributed by atoms with Crippen molar-refractivity contribution in [3.05, 3.63) is 0 Å². The van der Waals surface area contributed by atoms with E-state index >= 15 is 0 Å². The van der Waals surface area contributed by atoms with E-state index in [-0.39, 0.29) is 0 Å². The molecule has 0 saturated carbocycles. The molecule has 0 unspecified atom stereocenters. The summed E-state index contributed by atoms with van der Waals surface area (Å²) in [6.45, 7) is 4.75. The van der Waals surface area contributed by atoms with Crippen molar-refractivity contribution in [2.24, 2.45) is 0 Å². The predicted molar refractivity (Wildman–Crippen MR) is 61.6 cm³/mol. The first-order valence-electron chi connectivity index (χ1n) is 5.55. The Hall–Kier alpha value is 0.250. The van der Waals surface area contributed by atoms with E-state index < -0.39 is 0 Å². The highest BCUT2D eigenvalue weighted by atomic mass is 35.5. The Morgan fingerprint density at radius 1 is 0.923 bits per heavy atom. The highest BCUT2D eigenvalue weighted by Gasteiger charge is 1.96. The Kier molecular flexibility index (Phi) is 10.5. The molecule has 0 aliphatic heterocycles. The zero-order valence-electron chi connectivity index (χ0n) is 9.19. The van der Waals surface area contributed by atoms with Gasteiger partial charge in [0, 0.05) is 5.88 Å². The summed E-state index contributed by atoms with van der Waals surface area (Å²) in [6.07, 6.45) is 7.79. The maximum Gasteiger partial charge on any atom is 0.0223 e. The monoisotopic (exact) mass is 205 g/mol. The fourth-order valence-electron chi connectivity index (χ4n) is 1.40. The van der Waals surface area contributed by atoms with Gasteiger partial charge in [-0.05, 0) is 39.4 Å². The molecule has 0 aromatic rings. The topological polar surface area (TPSA) is 3.24 Å². The van der Waals surface area contributed by atoms with Gasteiger partial charge in [0.15, 0.2) is 0 Å². The van der Waals surface area contributed by atoms with Gasteiger partial charge in [0.25, 0.3) is 0 Å². The Balaban J connectivity index is 3.05. The molecule has 0 atom stereocenters. The molecule has 2 heteroatoms. The largest absolute Gasteiger partial charge is 0.306 e. The molecule has 13 heavy (non-hydrogen) atoms. The van der Waals surface area contributed by atoms with Crippen LogP contribution in [0.3, 0.4) is 0 Å². The van der Waals surface area contributed by atoms with Gasteiger partial charge >= 0.3 is 0 Å². The highest BCUT2D eigenvalue weighted by molar-refractivity contribution is 6.17. The van der Waals surface area contributed by atoms with Crippen molar-refractivity contribution in [1.29, 1.82) is 0 Å². The first-order chi connectivity index (χ1) is 6.31. The summed E-state index contributed by atoms with van der Waals surface area (Å²) in [7, 11) is 2.22. The van der Waals surface area contributed by atoms with Gasteiger partial charge in [-0.15, -0.1) is 11.6 Å². The Labute approximate surface area is 88.5 Å². The summed E-state index contributed by atoms with van der Waals surface area (Å²) in [4.78, 5) is 2.43. The van der Waals surface area contributed by atoms with Gasteiger partial charge in [0.05, 0.1) is 0 Å². The molecule has 0 aliphatic carbocycles. The number of rotatable bonds is 9. The molecular formula is C11H24ClN. The molecule has 0 N–H and O–H groups in total. The van der Waals surface area contributed by atoms with Crippen molar-refractivity contribution in [3.63, 3.8) is 0 Å². The molecule has 0 fully saturated rings. The molecule has 0 amide bonds. The zero-order chi connectivity index (χ0) is 9.94. The quantitative estimate of drug-likeness (QED) is 0.411. The molecule has 0 heterocycles. The number of alkyl halides is 1. The first kappa shape index (κ1) is 13.2. The summed E-state index contributed by atoms with van der Waals surface area (Å²) < 4.78 is 0. The van der Waals surface area contributed by atoms with Crippen molar-refractivity contribution in [3.8, 4) is 0 Å². The van der Waals surface area contributed by atoms with Crippen LogP contribution in [0.2, 0.25) is 0 Å². The average molecular weight is 206 g/mol. The van der Waals surface area contributed by atoms with E-state index in [1.165, 1.54) is 51.6 Å². The fourth-order valence-corrected chi connectivity index (χ4v) is 1.59. The molecule has 0 rings (SSSR count). The predicted octanol–water partition coefficient (Wildman–Crippen LogP) is 3.52. The lowest BCUT2D eigenvalue weighted by Gasteiger charge is -2.15. The van der Waals surface area contributed by atoms with Crippen LogP contribution in [0.25, 0.3) is 0 Å². The molecular weight excluding hydrogens is 182 g/mol. The number of hydrogen-bond donors (Lipinski definition) is 0. The second-order valence-electron chi connectivity index (χ2n) is 3.76. The number of nitrogens with zero attached hydrogens (tertiary/aromatic N) is 1. The van der Waals surface area contributed by atoms with Crippen LogP contribution in [-0.4, -0.2) is 30.9 Å². The van der Waals surface area contributed by atoms with E-state index in [1.807, 2.05) is 0 Å². The lowest BCUT2D eigenvalue weighted by Crippen LogP contribution is -2.20. The van der Waals surface area contributed by atoms with Crippen LogP contribution in [0.5, 0.6) is 0 Å². The van der Waals surface area contributed by atoms with Gasteiger partial charge in [-0.2, -0.15) is 0 Å². The number of unbranched alkanes of at least 4 members (excludes halogenated alkanes) is 4. The highest BCUT2D eigenvalue weighted by Crippen LogP contribution is 2.01. The second kappa shape index (κ2) is 10.3. The SMILES string of the molecule is CCCCCN(C)CCCCCCl. The summed E-state index contributed by atoms with van der Waals surface area (Å²) in [5.74, 6) is 0.819. The van der Waals surface area contributed by atoms with Crippen molar-refractivity contribution < 1.29 is 0 Å². The molecule has 0 bridgehead atoms. The fraction of sp³-hybridized carbons (Fsp3) is 1.00.